The molecule has 0 atom stereocenters. The van der Waals surface area contributed by atoms with Crippen LogP contribution in [0.25, 0.3) is 0 Å². The number of methoxy groups -OCH3 is 1. The summed E-state index contributed by atoms with van der Waals surface area (Å²) in [6, 6.07) is 4.92. The van der Waals surface area contributed by atoms with Crippen LogP contribution in [0, 0.1) is 0 Å². The first-order valence-corrected chi connectivity index (χ1v) is 5.53. The molecule has 0 saturated carbocycles. The van der Waals surface area contributed by atoms with Gasteiger partial charge < -0.3 is 14.8 Å². The molecule has 0 aliphatic carbocycles. The highest BCUT2D eigenvalue weighted by Crippen LogP contribution is 2.29. The molecule has 0 spiro atoms. The Morgan fingerprint density at radius 2 is 1.94 bits per heavy atom. The highest BCUT2D eigenvalue weighted by Gasteiger charge is 2.29. The lowest BCUT2D eigenvalue weighted by atomic mass is 10.2. The second-order valence-corrected chi connectivity index (χ2v) is 3.67. The van der Waals surface area contributed by atoms with Crippen LogP contribution in [-0.4, -0.2) is 26.4 Å². The van der Waals surface area contributed by atoms with E-state index >= 15 is 0 Å². The Morgan fingerprint density at radius 1 is 1.22 bits per heavy atom. The summed E-state index contributed by atoms with van der Waals surface area (Å²) in [6.07, 6.45) is -4.36. The molecule has 1 aromatic rings. The van der Waals surface area contributed by atoms with E-state index in [1.165, 1.54) is 7.11 Å². The van der Waals surface area contributed by atoms with Crippen molar-refractivity contribution < 1.29 is 22.6 Å². The molecule has 0 heterocycles. The van der Waals surface area contributed by atoms with Crippen molar-refractivity contribution in [2.45, 2.75) is 19.6 Å². The number of alkyl halides is 3. The zero-order valence-electron chi connectivity index (χ0n) is 10.3. The molecule has 1 N–H and O–H groups in total. The van der Waals surface area contributed by atoms with Crippen LogP contribution >= 0.6 is 0 Å². The van der Waals surface area contributed by atoms with E-state index < -0.39 is 12.8 Å². The summed E-state index contributed by atoms with van der Waals surface area (Å²) >= 11 is 0. The molecule has 0 saturated heterocycles. The van der Waals surface area contributed by atoms with Crippen LogP contribution in [-0.2, 0) is 6.54 Å². The minimum absolute atomic E-state index is 0.102. The molecule has 18 heavy (non-hydrogen) atoms. The number of benzene rings is 1. The smallest absolute Gasteiger partial charge is 0.422 e. The maximum Gasteiger partial charge on any atom is 0.422 e. The predicted octanol–water partition coefficient (Wildman–Crippen LogP) is 2.75. The number of nitrogens with one attached hydrogen (secondary N) is 1. The lowest BCUT2D eigenvalue weighted by Crippen LogP contribution is -2.19. The third-order valence-electron chi connectivity index (χ3n) is 2.20. The van der Waals surface area contributed by atoms with Gasteiger partial charge in [-0.3, -0.25) is 0 Å². The third kappa shape index (κ3) is 4.83. The fraction of sp³-hybridized carbons (Fsp3) is 0.500. The van der Waals surface area contributed by atoms with Crippen LogP contribution in [0.3, 0.4) is 0 Å². The quantitative estimate of drug-likeness (QED) is 0.856. The molecule has 6 heteroatoms. The van der Waals surface area contributed by atoms with E-state index in [2.05, 4.69) is 5.32 Å². The van der Waals surface area contributed by atoms with Gasteiger partial charge in [0, 0.05) is 6.54 Å². The average Bonchev–Trinajstić information content (AvgIpc) is 2.33. The lowest BCUT2D eigenvalue weighted by Gasteiger charge is -2.13. The summed E-state index contributed by atoms with van der Waals surface area (Å²) in [5, 5.41) is 3.08. The monoisotopic (exact) mass is 263 g/mol. The summed E-state index contributed by atoms with van der Waals surface area (Å²) < 4.78 is 46.0. The Bertz CT molecular complexity index is 380. The van der Waals surface area contributed by atoms with Gasteiger partial charge in [0.1, 0.15) is 0 Å². The first-order chi connectivity index (χ1) is 8.46. The Morgan fingerprint density at radius 3 is 2.50 bits per heavy atom. The van der Waals surface area contributed by atoms with Crippen molar-refractivity contribution in [1.82, 2.24) is 5.32 Å². The van der Waals surface area contributed by atoms with Gasteiger partial charge in [-0.15, -0.1) is 0 Å². The van der Waals surface area contributed by atoms with Gasteiger partial charge in [0.15, 0.2) is 18.1 Å². The van der Waals surface area contributed by atoms with Crippen molar-refractivity contribution in [3.8, 4) is 11.5 Å². The van der Waals surface area contributed by atoms with Crippen molar-refractivity contribution in [3.05, 3.63) is 23.8 Å². The summed E-state index contributed by atoms with van der Waals surface area (Å²) in [5.74, 6) is 0.393. The lowest BCUT2D eigenvalue weighted by molar-refractivity contribution is -0.153. The van der Waals surface area contributed by atoms with Gasteiger partial charge >= 0.3 is 6.18 Å². The Labute approximate surface area is 104 Å². The van der Waals surface area contributed by atoms with E-state index in [9.17, 15) is 13.2 Å². The van der Waals surface area contributed by atoms with Crippen molar-refractivity contribution >= 4 is 0 Å². The van der Waals surface area contributed by atoms with Gasteiger partial charge in [0.25, 0.3) is 0 Å². The van der Waals surface area contributed by atoms with Gasteiger partial charge in [0.2, 0.25) is 0 Å². The Hall–Kier alpha value is -1.43. The fourth-order valence-electron chi connectivity index (χ4n) is 1.37. The number of rotatable bonds is 6. The largest absolute Gasteiger partial charge is 0.493 e. The molecule has 0 amide bonds. The maximum absolute atomic E-state index is 12.1. The van der Waals surface area contributed by atoms with E-state index in [4.69, 9.17) is 9.47 Å². The summed E-state index contributed by atoms with van der Waals surface area (Å²) in [6.45, 7) is 1.98. The zero-order chi connectivity index (χ0) is 13.6. The number of halogens is 3. The molecule has 0 bridgehead atoms. The van der Waals surface area contributed by atoms with Gasteiger partial charge in [0.05, 0.1) is 7.11 Å². The third-order valence-corrected chi connectivity index (χ3v) is 2.20. The molecule has 1 rings (SSSR count). The topological polar surface area (TPSA) is 30.5 Å². The van der Waals surface area contributed by atoms with Crippen LogP contribution in [0.1, 0.15) is 12.5 Å². The van der Waals surface area contributed by atoms with Crippen LogP contribution in [0.5, 0.6) is 11.5 Å². The van der Waals surface area contributed by atoms with Crippen LogP contribution in [0.4, 0.5) is 13.2 Å². The standard InChI is InChI=1S/C12H16F3NO2/c1-3-16-7-9-4-5-10(17-2)11(6-9)18-8-12(13,14)15/h4-6,16H,3,7-8H2,1-2H3. The Kier molecular flexibility index (Phi) is 5.27. The number of hydrogen-bond acceptors (Lipinski definition) is 3. The highest BCUT2D eigenvalue weighted by molar-refractivity contribution is 5.43. The van der Waals surface area contributed by atoms with E-state index in [0.717, 1.165) is 12.1 Å². The molecule has 0 fully saturated rings. The average molecular weight is 263 g/mol. The fourth-order valence-corrected chi connectivity index (χ4v) is 1.37. The van der Waals surface area contributed by atoms with Gasteiger partial charge in [-0.2, -0.15) is 13.2 Å². The van der Waals surface area contributed by atoms with E-state index in [0.29, 0.717) is 12.3 Å². The SMILES string of the molecule is CCNCc1ccc(OC)c(OCC(F)(F)F)c1. The van der Waals surface area contributed by atoms with Crippen LogP contribution in [0.15, 0.2) is 18.2 Å². The summed E-state index contributed by atoms with van der Waals surface area (Å²) in [4.78, 5) is 0. The highest BCUT2D eigenvalue weighted by atomic mass is 19.4. The van der Waals surface area contributed by atoms with Crippen molar-refractivity contribution in [3.63, 3.8) is 0 Å². The molecular formula is C12H16F3NO2. The van der Waals surface area contributed by atoms with Gasteiger partial charge in [-0.1, -0.05) is 13.0 Å². The molecule has 0 aliphatic heterocycles. The Balaban J connectivity index is 2.78. The van der Waals surface area contributed by atoms with E-state index in [1.54, 1.807) is 18.2 Å². The predicted molar refractivity (Wildman–Crippen MR) is 61.9 cm³/mol. The number of ether oxygens (including phenoxy) is 2. The minimum atomic E-state index is -4.36. The second-order valence-electron chi connectivity index (χ2n) is 3.67. The van der Waals surface area contributed by atoms with Crippen LogP contribution in [0.2, 0.25) is 0 Å². The molecule has 0 unspecified atom stereocenters. The van der Waals surface area contributed by atoms with Crippen molar-refractivity contribution in [1.29, 1.82) is 0 Å². The zero-order valence-corrected chi connectivity index (χ0v) is 10.3. The minimum Gasteiger partial charge on any atom is -0.493 e. The first-order valence-electron chi connectivity index (χ1n) is 5.53. The summed E-state index contributed by atoms with van der Waals surface area (Å²) in [7, 11) is 1.39. The normalized spacial score (nSPS) is 11.4. The molecule has 0 radical (unpaired) electrons. The van der Waals surface area contributed by atoms with Crippen molar-refractivity contribution in [2.24, 2.45) is 0 Å². The van der Waals surface area contributed by atoms with E-state index in [-0.39, 0.29) is 5.75 Å². The maximum atomic E-state index is 12.1. The van der Waals surface area contributed by atoms with Crippen LogP contribution < -0.4 is 14.8 Å². The summed E-state index contributed by atoms with van der Waals surface area (Å²) in [5.41, 5.74) is 0.842. The van der Waals surface area contributed by atoms with Gasteiger partial charge in [-0.25, -0.2) is 0 Å². The van der Waals surface area contributed by atoms with Crippen molar-refractivity contribution in [2.75, 3.05) is 20.3 Å². The number of hydrogen-bond donors (Lipinski definition) is 1. The second kappa shape index (κ2) is 6.49. The van der Waals surface area contributed by atoms with Gasteiger partial charge in [-0.05, 0) is 24.2 Å². The molecule has 3 nitrogen and oxygen atoms in total. The molecular weight excluding hydrogens is 247 g/mol. The first kappa shape index (κ1) is 14.6. The van der Waals surface area contributed by atoms with E-state index in [1.807, 2.05) is 6.92 Å². The molecule has 0 aromatic heterocycles. The molecule has 0 aliphatic rings. The molecule has 102 valence electrons. The molecule has 1 aromatic carbocycles.